The van der Waals surface area contributed by atoms with E-state index in [2.05, 4.69) is 31.4 Å². The molecule has 2 aliphatic heterocycles. The van der Waals surface area contributed by atoms with Crippen LogP contribution < -0.4 is 10.6 Å². The van der Waals surface area contributed by atoms with Crippen LogP contribution in [-0.2, 0) is 51.5 Å². The van der Waals surface area contributed by atoms with E-state index in [1.54, 1.807) is 0 Å². The van der Waals surface area contributed by atoms with Crippen molar-refractivity contribution in [2.75, 3.05) is 13.2 Å². The van der Waals surface area contributed by atoms with Crippen molar-refractivity contribution in [1.29, 1.82) is 0 Å². The molecule has 2 aliphatic rings. The van der Waals surface area contributed by atoms with E-state index in [0.29, 0.717) is 32.1 Å². The topological polar surface area (TPSA) is 347 Å². The van der Waals surface area contributed by atoms with Gasteiger partial charge in [-0.1, -0.05) is 181 Å². The van der Waals surface area contributed by atoms with Crippen LogP contribution in [0, 0.1) is 0 Å². The molecule has 76 heavy (non-hydrogen) atoms. The summed E-state index contributed by atoms with van der Waals surface area (Å²) in [6, 6.07) is -3.52. The second kappa shape index (κ2) is 40.5. The van der Waals surface area contributed by atoms with Crippen LogP contribution in [0.3, 0.4) is 0 Å². The fourth-order valence-corrected chi connectivity index (χ4v) is 10.7. The molecule has 448 valence electrons. The maximum atomic E-state index is 13.9. The first-order valence-corrected chi connectivity index (χ1v) is 31.8. The lowest BCUT2D eigenvalue weighted by Gasteiger charge is -2.45. The number of rotatable bonds is 45. The number of amides is 2. The number of carbonyl (C=O) groups is 3. The Bertz CT molecular complexity index is 1640. The third-order valence-corrected chi connectivity index (χ3v) is 15.0. The number of hydrogen-bond donors (Lipinski definition) is 11. The summed E-state index contributed by atoms with van der Waals surface area (Å²) in [5.41, 5.74) is 0. The minimum Gasteiger partial charge on any atom is -0.462 e. The third-order valence-electron chi connectivity index (χ3n) is 14.0. The summed E-state index contributed by atoms with van der Waals surface area (Å²) in [4.78, 5) is 79.0. The van der Waals surface area contributed by atoms with Crippen molar-refractivity contribution in [2.45, 2.75) is 300 Å². The van der Waals surface area contributed by atoms with Gasteiger partial charge in [-0.05, 0) is 25.7 Å². The van der Waals surface area contributed by atoms with Crippen LogP contribution in [0.1, 0.15) is 226 Å². The summed E-state index contributed by atoms with van der Waals surface area (Å²) >= 11 is 0. The molecule has 0 saturated carbocycles. The van der Waals surface area contributed by atoms with E-state index in [-0.39, 0.29) is 6.42 Å². The molecule has 0 spiro atoms. The Morgan fingerprint density at radius 1 is 0.526 bits per heavy atom. The lowest BCUT2D eigenvalue weighted by Crippen LogP contribution is -2.67. The smallest absolute Gasteiger partial charge is 0.462 e. The number of carbonyl (C=O) groups excluding carboxylic acids is 3. The number of aliphatic hydroxyl groups excluding tert-OH is 5. The predicted molar refractivity (Wildman–Crippen MR) is 283 cm³/mol. The van der Waals surface area contributed by atoms with Crippen molar-refractivity contribution >= 4 is 33.4 Å². The zero-order valence-electron chi connectivity index (χ0n) is 45.9. The molecule has 2 saturated heterocycles. The Hall–Kier alpha value is -1.69. The molecule has 12 atom stereocenters. The van der Waals surface area contributed by atoms with Crippen LogP contribution in [0.15, 0.2) is 0 Å². The number of phosphoric ester groups is 2. The second-order valence-corrected chi connectivity index (χ2v) is 23.3. The summed E-state index contributed by atoms with van der Waals surface area (Å²) in [5.74, 6) is -2.11. The summed E-state index contributed by atoms with van der Waals surface area (Å²) in [7, 11) is -10.8. The quantitative estimate of drug-likeness (QED) is 0.0168. The van der Waals surface area contributed by atoms with E-state index >= 15 is 0 Å². The molecule has 0 aromatic heterocycles. The maximum Gasteiger partial charge on any atom is 0.472 e. The number of esters is 1. The van der Waals surface area contributed by atoms with Crippen LogP contribution in [0.5, 0.6) is 0 Å². The molecular weight excluding hydrogens is 1030 g/mol. The van der Waals surface area contributed by atoms with Gasteiger partial charge in [-0.15, -0.1) is 0 Å². The molecule has 0 unspecified atom stereocenters. The Morgan fingerprint density at radius 3 is 1.42 bits per heavy atom. The zero-order chi connectivity index (χ0) is 56.4. The van der Waals surface area contributed by atoms with Gasteiger partial charge in [-0.2, -0.15) is 0 Å². The fraction of sp³-hybridized carbons (Fsp3) is 0.942. The number of hydrogen-bond acceptors (Lipinski definition) is 16. The molecule has 0 aromatic carbocycles. The zero-order valence-corrected chi connectivity index (χ0v) is 47.7. The van der Waals surface area contributed by atoms with Crippen molar-refractivity contribution < 1.29 is 96.6 Å². The molecule has 0 bridgehead atoms. The van der Waals surface area contributed by atoms with Gasteiger partial charge in [0.2, 0.25) is 11.8 Å². The summed E-state index contributed by atoms with van der Waals surface area (Å²) in [6.45, 7) is 4.65. The SMILES string of the molecule is CCCCCCCCCCCC(=O)O[C@H](CCCCCCCCCCC)CC(=O)N[C@H]1[C@H](OC[C@H]2O[C@H](OP(=O)(O)O)[C@H](NC(=O)C[C@H](O)CCCCCCCCCCC)[C@@H](O)[C@@H]2O)O[C@H](CO)[C@@H](OP(=O)(O)O)[C@@H]1O. The van der Waals surface area contributed by atoms with Crippen molar-refractivity contribution in [3.8, 4) is 0 Å². The van der Waals surface area contributed by atoms with E-state index < -0.39 is 133 Å². The number of aliphatic hydroxyl groups is 5. The highest BCUT2D eigenvalue weighted by Crippen LogP contribution is 2.43. The second-order valence-electron chi connectivity index (χ2n) is 20.9. The van der Waals surface area contributed by atoms with E-state index in [0.717, 1.165) is 89.9 Å². The first-order valence-electron chi connectivity index (χ1n) is 28.7. The van der Waals surface area contributed by atoms with Gasteiger partial charge in [0, 0.05) is 6.42 Å². The van der Waals surface area contributed by atoms with Crippen LogP contribution in [0.4, 0.5) is 0 Å². The molecule has 22 nitrogen and oxygen atoms in total. The molecule has 0 aliphatic carbocycles. The van der Waals surface area contributed by atoms with Crippen molar-refractivity contribution in [3.63, 3.8) is 0 Å². The summed E-state index contributed by atoms with van der Waals surface area (Å²) in [5, 5.41) is 59.7. The van der Waals surface area contributed by atoms with Gasteiger partial charge in [0.1, 0.15) is 54.8 Å². The molecular formula is C52H100N2O20P2. The largest absolute Gasteiger partial charge is 0.472 e. The highest BCUT2D eigenvalue weighted by atomic mass is 31.2. The third kappa shape index (κ3) is 31.3. The monoisotopic (exact) mass is 1130 g/mol. The van der Waals surface area contributed by atoms with E-state index in [4.69, 9.17) is 28.0 Å². The van der Waals surface area contributed by atoms with Crippen molar-refractivity contribution in [1.82, 2.24) is 10.6 Å². The van der Waals surface area contributed by atoms with E-state index in [1.165, 1.54) is 64.2 Å². The maximum absolute atomic E-state index is 13.9. The normalized spacial score (nSPS) is 25.0. The molecule has 2 amide bonds. The minimum absolute atomic E-state index is 0.153. The Labute approximate surface area is 452 Å². The lowest BCUT2D eigenvalue weighted by atomic mass is 9.95. The average molecular weight is 1140 g/mol. The standard InChI is InChI=1S/C52H100N2O20P2/c1-4-7-10-13-16-19-22-25-28-31-38(56)34-42(57)53-45-48(61)47(60)41(72-52(45)74-76(66,67)68)37-69-51-46(49(62)50(40(36-55)71-51)73-75(63,64)65)54-43(58)35-39(32-29-26-23-20-17-14-11-8-5-2)70-44(59)33-30-27-24-21-18-15-12-9-6-3/h38-41,45-52,55-56,60-62H,4-37H2,1-3H3,(H,53,57)(H,54,58)(H2,63,64,65)(H2,66,67,68)/t38-,39-,40-,41-,45-,46-,47-,48-,49-,50-,51-,52-/m1/s1. The first kappa shape index (κ1) is 70.4. The Morgan fingerprint density at radius 2 is 0.947 bits per heavy atom. The van der Waals surface area contributed by atoms with E-state index in [1.807, 2.05) is 0 Å². The van der Waals surface area contributed by atoms with Gasteiger partial charge in [0.05, 0.1) is 32.2 Å². The lowest BCUT2D eigenvalue weighted by molar-refractivity contribution is -0.294. The highest BCUT2D eigenvalue weighted by molar-refractivity contribution is 7.46. The Kier molecular flexibility index (Phi) is 37.5. The summed E-state index contributed by atoms with van der Waals surface area (Å²) in [6.07, 6.45) is 10.8. The van der Waals surface area contributed by atoms with Gasteiger partial charge in [-0.25, -0.2) is 9.13 Å². The van der Waals surface area contributed by atoms with Crippen LogP contribution in [0.25, 0.3) is 0 Å². The molecule has 11 N–H and O–H groups in total. The van der Waals surface area contributed by atoms with Crippen LogP contribution >= 0.6 is 15.6 Å². The number of phosphoric acid groups is 2. The number of unbranched alkanes of at least 4 members (excludes halogenated alkanes) is 24. The predicted octanol–water partition coefficient (Wildman–Crippen LogP) is 6.90. The first-order chi connectivity index (χ1) is 36.2. The fourth-order valence-electron chi connectivity index (χ4n) is 9.70. The number of nitrogens with one attached hydrogen (secondary N) is 2. The number of ether oxygens (including phenoxy) is 4. The molecule has 2 fully saturated rings. The van der Waals surface area contributed by atoms with Crippen molar-refractivity contribution in [2.24, 2.45) is 0 Å². The molecule has 2 heterocycles. The van der Waals surface area contributed by atoms with Crippen LogP contribution in [-0.4, -0.2) is 150 Å². The highest BCUT2D eigenvalue weighted by Gasteiger charge is 2.52. The van der Waals surface area contributed by atoms with Gasteiger partial charge in [0.25, 0.3) is 0 Å². The van der Waals surface area contributed by atoms with Crippen LogP contribution in [0.2, 0.25) is 0 Å². The minimum atomic E-state index is -5.42. The molecule has 0 radical (unpaired) electrons. The molecule has 2 rings (SSSR count). The van der Waals surface area contributed by atoms with Gasteiger partial charge >= 0.3 is 21.6 Å². The average Bonchev–Trinajstić information content (AvgIpc) is 3.35. The van der Waals surface area contributed by atoms with E-state index in [9.17, 15) is 68.6 Å². The Balaban J connectivity index is 2.20. The van der Waals surface area contributed by atoms with Gasteiger partial charge < -0.3 is 74.7 Å². The van der Waals surface area contributed by atoms with Crippen molar-refractivity contribution in [3.05, 3.63) is 0 Å². The van der Waals surface area contributed by atoms with Gasteiger partial charge in [0.15, 0.2) is 12.6 Å². The van der Waals surface area contributed by atoms with Gasteiger partial charge in [-0.3, -0.25) is 23.4 Å². The summed E-state index contributed by atoms with van der Waals surface area (Å²) < 4.78 is 56.9. The molecule has 24 heteroatoms. The molecule has 0 aromatic rings.